The first kappa shape index (κ1) is 12.6. The van der Waals surface area contributed by atoms with Gasteiger partial charge in [0.05, 0.1) is 5.02 Å². The number of nitrogens with one attached hydrogen (secondary N) is 1. The second kappa shape index (κ2) is 5.21. The average molecular weight is 333 g/mol. The number of nitrogens with zero attached hydrogens (tertiary/aromatic N) is 2. The van der Waals surface area contributed by atoms with Crippen LogP contribution in [0.2, 0.25) is 10.3 Å². The van der Waals surface area contributed by atoms with Crippen LogP contribution in [0, 0.1) is 6.92 Å². The first-order valence-electron chi connectivity index (χ1n) is 4.78. The zero-order valence-electron chi connectivity index (χ0n) is 8.84. The molecular weight excluding hydrogens is 325 g/mol. The van der Waals surface area contributed by atoms with Crippen LogP contribution >= 0.6 is 39.1 Å². The number of anilines is 2. The number of halogens is 3. The molecule has 1 heterocycles. The van der Waals surface area contributed by atoms with Crippen molar-refractivity contribution in [3.63, 3.8) is 0 Å². The lowest BCUT2D eigenvalue weighted by Gasteiger charge is -2.07. The lowest BCUT2D eigenvalue weighted by Crippen LogP contribution is -1.96. The van der Waals surface area contributed by atoms with E-state index in [0.29, 0.717) is 10.8 Å². The minimum atomic E-state index is 0.218. The van der Waals surface area contributed by atoms with E-state index in [4.69, 9.17) is 23.2 Å². The smallest absolute Gasteiger partial charge is 0.224 e. The largest absolute Gasteiger partial charge is 0.340 e. The number of rotatable bonds is 2. The summed E-state index contributed by atoms with van der Waals surface area (Å²) in [5.41, 5.74) is 1.64. The van der Waals surface area contributed by atoms with Crippen LogP contribution in [0.5, 0.6) is 0 Å². The number of aromatic nitrogens is 2. The van der Waals surface area contributed by atoms with Crippen molar-refractivity contribution in [3.05, 3.63) is 44.7 Å². The molecule has 1 N–H and O–H groups in total. The van der Waals surface area contributed by atoms with Crippen molar-refractivity contribution in [2.75, 3.05) is 5.32 Å². The van der Waals surface area contributed by atoms with Gasteiger partial charge in [0.25, 0.3) is 0 Å². The molecule has 0 aliphatic heterocycles. The molecule has 0 amide bonds. The van der Waals surface area contributed by atoms with Crippen molar-refractivity contribution in [2.45, 2.75) is 6.92 Å². The Morgan fingerprint density at radius 3 is 2.59 bits per heavy atom. The summed E-state index contributed by atoms with van der Waals surface area (Å²) >= 11 is 15.1. The first-order valence-corrected chi connectivity index (χ1v) is 6.33. The zero-order chi connectivity index (χ0) is 12.4. The Balaban J connectivity index is 2.28. The Hall–Kier alpha value is -0.840. The van der Waals surface area contributed by atoms with E-state index in [-0.39, 0.29) is 5.28 Å². The van der Waals surface area contributed by atoms with Gasteiger partial charge in [-0.3, -0.25) is 0 Å². The maximum Gasteiger partial charge on any atom is 0.224 e. The molecule has 0 unspecified atom stereocenters. The summed E-state index contributed by atoms with van der Waals surface area (Å²) < 4.78 is 0.849. The number of hydrogen-bond donors (Lipinski definition) is 1. The van der Waals surface area contributed by atoms with Crippen LogP contribution in [-0.4, -0.2) is 9.97 Å². The van der Waals surface area contributed by atoms with Crippen LogP contribution in [0.15, 0.2) is 28.7 Å². The van der Waals surface area contributed by atoms with Crippen molar-refractivity contribution in [3.8, 4) is 0 Å². The van der Waals surface area contributed by atoms with E-state index in [1.54, 1.807) is 6.07 Å². The van der Waals surface area contributed by atoms with Crippen molar-refractivity contribution in [1.82, 2.24) is 9.97 Å². The van der Waals surface area contributed by atoms with E-state index in [2.05, 4.69) is 31.2 Å². The van der Waals surface area contributed by atoms with Crippen LogP contribution in [0.4, 0.5) is 11.5 Å². The fourth-order valence-corrected chi connectivity index (χ4v) is 1.97. The predicted octanol–water partition coefficient (Wildman–Crippen LogP) is 4.60. The third kappa shape index (κ3) is 3.31. The van der Waals surface area contributed by atoms with Crippen molar-refractivity contribution in [1.29, 1.82) is 0 Å². The molecule has 0 fully saturated rings. The summed E-state index contributed by atoms with van der Waals surface area (Å²) in [6.07, 6.45) is 0. The zero-order valence-corrected chi connectivity index (χ0v) is 11.9. The first-order chi connectivity index (χ1) is 8.04. The minimum absolute atomic E-state index is 0.218. The van der Waals surface area contributed by atoms with Crippen molar-refractivity contribution < 1.29 is 0 Å². The molecule has 0 spiro atoms. The van der Waals surface area contributed by atoms with Gasteiger partial charge in [-0.25, -0.2) is 9.97 Å². The maximum atomic E-state index is 6.00. The molecule has 0 saturated carbocycles. The molecule has 17 heavy (non-hydrogen) atoms. The number of aryl methyl sites for hydroxylation is 1. The molecule has 2 aromatic rings. The molecule has 6 heteroatoms. The minimum Gasteiger partial charge on any atom is -0.340 e. The van der Waals surface area contributed by atoms with Gasteiger partial charge in [-0.2, -0.15) is 0 Å². The van der Waals surface area contributed by atoms with Gasteiger partial charge < -0.3 is 5.32 Å². The maximum absolute atomic E-state index is 6.00. The summed E-state index contributed by atoms with van der Waals surface area (Å²) in [6.45, 7) is 1.85. The molecule has 0 aliphatic rings. The fraction of sp³-hybridized carbons (Fsp3) is 0.0909. The van der Waals surface area contributed by atoms with Crippen molar-refractivity contribution >= 4 is 50.6 Å². The van der Waals surface area contributed by atoms with Gasteiger partial charge in [-0.15, -0.1) is 0 Å². The highest BCUT2D eigenvalue weighted by molar-refractivity contribution is 9.10. The van der Waals surface area contributed by atoms with E-state index >= 15 is 0 Å². The molecule has 0 atom stereocenters. The standard InChI is InChI=1S/C11H8BrCl2N3/c1-6-4-10(17-11(14)15-6)16-7-2-3-8(12)9(13)5-7/h2-5H,1H3,(H,15,16,17). The fourth-order valence-electron chi connectivity index (χ4n) is 1.32. The lowest BCUT2D eigenvalue weighted by molar-refractivity contribution is 1.10. The van der Waals surface area contributed by atoms with Gasteiger partial charge in [0.1, 0.15) is 5.82 Å². The summed E-state index contributed by atoms with van der Waals surface area (Å²) in [7, 11) is 0. The van der Waals surface area contributed by atoms with Crippen LogP contribution in [0.1, 0.15) is 5.69 Å². The van der Waals surface area contributed by atoms with Gasteiger partial charge in [0.2, 0.25) is 5.28 Å². The molecule has 0 bridgehead atoms. The van der Waals surface area contributed by atoms with Gasteiger partial charge in [0.15, 0.2) is 0 Å². The number of benzene rings is 1. The van der Waals surface area contributed by atoms with Gasteiger partial charge >= 0.3 is 0 Å². The molecule has 0 aliphatic carbocycles. The van der Waals surface area contributed by atoms with E-state index in [1.807, 2.05) is 25.1 Å². The Bertz CT molecular complexity index is 540. The molecule has 3 nitrogen and oxygen atoms in total. The normalized spacial score (nSPS) is 10.4. The molecular formula is C11H8BrCl2N3. The molecule has 1 aromatic heterocycles. The summed E-state index contributed by atoms with van der Waals surface area (Å²) in [5.74, 6) is 0.640. The summed E-state index contributed by atoms with van der Waals surface area (Å²) in [4.78, 5) is 8.06. The van der Waals surface area contributed by atoms with E-state index in [9.17, 15) is 0 Å². The molecule has 88 valence electrons. The average Bonchev–Trinajstić information content (AvgIpc) is 2.22. The summed E-state index contributed by atoms with van der Waals surface area (Å²) in [5, 5.41) is 3.96. The van der Waals surface area contributed by atoms with Crippen LogP contribution in [0.25, 0.3) is 0 Å². The Labute approximate surface area is 117 Å². The lowest BCUT2D eigenvalue weighted by atomic mass is 10.3. The molecule has 1 aromatic carbocycles. The van der Waals surface area contributed by atoms with Crippen LogP contribution < -0.4 is 5.32 Å². The summed E-state index contributed by atoms with van der Waals surface area (Å²) in [6, 6.07) is 7.36. The van der Waals surface area contributed by atoms with E-state index < -0.39 is 0 Å². The van der Waals surface area contributed by atoms with Crippen LogP contribution in [-0.2, 0) is 0 Å². The van der Waals surface area contributed by atoms with Crippen molar-refractivity contribution in [2.24, 2.45) is 0 Å². The third-order valence-corrected chi connectivity index (χ3v) is 3.42. The number of hydrogen-bond acceptors (Lipinski definition) is 3. The van der Waals surface area contributed by atoms with Gasteiger partial charge in [-0.1, -0.05) is 11.6 Å². The highest BCUT2D eigenvalue weighted by Gasteiger charge is 2.02. The second-order valence-corrected chi connectivity index (χ2v) is 5.02. The van der Waals surface area contributed by atoms with Gasteiger partial charge in [0, 0.05) is 21.9 Å². The van der Waals surface area contributed by atoms with Crippen LogP contribution in [0.3, 0.4) is 0 Å². The Morgan fingerprint density at radius 2 is 1.94 bits per heavy atom. The molecule has 2 rings (SSSR count). The van der Waals surface area contributed by atoms with E-state index in [1.165, 1.54) is 0 Å². The monoisotopic (exact) mass is 331 g/mol. The predicted molar refractivity (Wildman–Crippen MR) is 74.2 cm³/mol. The quantitative estimate of drug-likeness (QED) is 0.817. The highest BCUT2D eigenvalue weighted by atomic mass is 79.9. The third-order valence-electron chi connectivity index (χ3n) is 2.02. The Kier molecular flexibility index (Phi) is 3.86. The van der Waals surface area contributed by atoms with E-state index in [0.717, 1.165) is 15.9 Å². The highest BCUT2D eigenvalue weighted by Crippen LogP contribution is 2.27. The topological polar surface area (TPSA) is 37.8 Å². The Morgan fingerprint density at radius 1 is 1.18 bits per heavy atom. The molecule has 0 radical (unpaired) electrons. The second-order valence-electron chi connectivity index (χ2n) is 3.42. The molecule has 0 saturated heterocycles. The SMILES string of the molecule is Cc1cc(Nc2ccc(Br)c(Cl)c2)nc(Cl)n1. The van der Waals surface area contributed by atoms with Gasteiger partial charge in [-0.05, 0) is 52.7 Å².